The van der Waals surface area contributed by atoms with Crippen LogP contribution in [0.3, 0.4) is 0 Å². The molecular weight excluding hydrogens is 413 g/mol. The molecule has 0 atom stereocenters. The van der Waals surface area contributed by atoms with E-state index < -0.39 is 0 Å². The molecule has 0 amide bonds. The molecule has 3 nitrogen and oxygen atoms in total. The number of hydrogen-bond acceptors (Lipinski definition) is 2. The lowest BCUT2D eigenvalue weighted by atomic mass is 10.1. The molecule has 0 radical (unpaired) electrons. The minimum Gasteiger partial charge on any atom is -0.290 e. The summed E-state index contributed by atoms with van der Waals surface area (Å²) >= 11 is 18.8. The predicted molar refractivity (Wildman–Crippen MR) is 116 cm³/mol. The van der Waals surface area contributed by atoms with E-state index in [1.165, 1.54) is 31.2 Å². The highest BCUT2D eigenvalue weighted by molar-refractivity contribution is 6.35. The topological polar surface area (TPSA) is 21.1 Å². The number of nitrogens with zero attached hydrogens (tertiary/aromatic N) is 3. The first-order valence-corrected chi connectivity index (χ1v) is 10.8. The van der Waals surface area contributed by atoms with Crippen LogP contribution in [-0.4, -0.2) is 20.7 Å². The highest BCUT2D eigenvalue weighted by atomic mass is 35.5. The molecule has 1 aromatic heterocycles. The smallest absolute Gasteiger partial charge is 0.0840 e. The molecule has 5 rings (SSSR count). The second-order valence-corrected chi connectivity index (χ2v) is 8.91. The summed E-state index contributed by atoms with van der Waals surface area (Å²) in [5.74, 6) is 0. The summed E-state index contributed by atoms with van der Waals surface area (Å²) < 4.78 is 1.97. The summed E-state index contributed by atoms with van der Waals surface area (Å²) in [6.07, 6.45) is 5.26. The van der Waals surface area contributed by atoms with Crippen molar-refractivity contribution >= 4 is 34.8 Å². The van der Waals surface area contributed by atoms with Crippen LogP contribution < -0.4 is 0 Å². The van der Waals surface area contributed by atoms with Crippen molar-refractivity contribution in [1.82, 2.24) is 14.7 Å². The number of fused-ring (bicyclic) bond motifs is 1. The van der Waals surface area contributed by atoms with Crippen LogP contribution in [0.1, 0.15) is 36.9 Å². The zero-order valence-corrected chi connectivity index (χ0v) is 17.6. The van der Waals surface area contributed by atoms with Gasteiger partial charge in [0.1, 0.15) is 0 Å². The summed E-state index contributed by atoms with van der Waals surface area (Å²) in [7, 11) is 0. The van der Waals surface area contributed by atoms with E-state index in [1.807, 2.05) is 28.9 Å². The molecule has 3 aromatic rings. The van der Waals surface area contributed by atoms with Crippen molar-refractivity contribution < 1.29 is 0 Å². The molecule has 0 unspecified atom stereocenters. The van der Waals surface area contributed by atoms with Crippen LogP contribution in [0.5, 0.6) is 0 Å². The molecule has 0 spiro atoms. The lowest BCUT2D eigenvalue weighted by Gasteiger charge is -2.23. The van der Waals surface area contributed by atoms with Crippen molar-refractivity contribution in [2.24, 2.45) is 0 Å². The Hall–Kier alpha value is -1.52. The third-order valence-electron chi connectivity index (χ3n) is 5.88. The molecule has 0 bridgehead atoms. The van der Waals surface area contributed by atoms with Gasteiger partial charge in [0.15, 0.2) is 0 Å². The molecule has 1 aliphatic carbocycles. The van der Waals surface area contributed by atoms with Crippen molar-refractivity contribution in [1.29, 1.82) is 0 Å². The zero-order chi connectivity index (χ0) is 19.3. The molecular formula is C22H20Cl3N3. The quantitative estimate of drug-likeness (QED) is 0.456. The Labute approximate surface area is 179 Å². The Bertz CT molecular complexity index is 1020. The monoisotopic (exact) mass is 431 g/mol. The normalized spacial score (nSPS) is 17.4. The Morgan fingerprint density at radius 2 is 1.57 bits per heavy atom. The zero-order valence-electron chi connectivity index (χ0n) is 15.3. The first-order valence-electron chi connectivity index (χ1n) is 9.66. The Kier molecular flexibility index (Phi) is 4.88. The van der Waals surface area contributed by atoms with E-state index in [0.29, 0.717) is 16.1 Å². The van der Waals surface area contributed by atoms with Crippen molar-refractivity contribution in [3.63, 3.8) is 0 Å². The summed E-state index contributed by atoms with van der Waals surface area (Å²) in [4.78, 5) is 2.58. The maximum Gasteiger partial charge on any atom is 0.0840 e. The molecule has 0 N–H and O–H groups in total. The van der Waals surface area contributed by atoms with Crippen LogP contribution in [0.25, 0.3) is 16.9 Å². The molecule has 0 saturated heterocycles. The largest absolute Gasteiger partial charge is 0.290 e. The second kappa shape index (κ2) is 7.38. The fourth-order valence-electron chi connectivity index (χ4n) is 4.50. The third kappa shape index (κ3) is 3.25. The number of aromatic nitrogens is 2. The highest BCUT2D eigenvalue weighted by Gasteiger charge is 2.33. The number of halogens is 3. The van der Waals surface area contributed by atoms with Gasteiger partial charge in [-0.15, -0.1) is 0 Å². The standard InChI is InChI=1S/C22H20Cl3N3/c23-15-7-5-14(6-8-15)22-18-12-27(17-3-1-2-4-17)13-20(18)26-28(22)21-10-9-16(24)11-19(21)25/h5-11,17H,1-4,12-13H2. The first kappa shape index (κ1) is 18.5. The van der Waals surface area contributed by atoms with Gasteiger partial charge in [-0.05, 0) is 43.2 Å². The lowest BCUT2D eigenvalue weighted by molar-refractivity contribution is 0.199. The van der Waals surface area contributed by atoms with Crippen LogP contribution in [0, 0.1) is 0 Å². The molecule has 2 aliphatic rings. The van der Waals surface area contributed by atoms with Crippen LogP contribution in [0.4, 0.5) is 0 Å². The van der Waals surface area contributed by atoms with E-state index in [1.54, 1.807) is 6.07 Å². The van der Waals surface area contributed by atoms with Gasteiger partial charge in [-0.1, -0.05) is 59.8 Å². The van der Waals surface area contributed by atoms with Gasteiger partial charge in [0.05, 0.1) is 22.1 Å². The van der Waals surface area contributed by atoms with Gasteiger partial charge < -0.3 is 0 Å². The maximum absolute atomic E-state index is 6.53. The summed E-state index contributed by atoms with van der Waals surface area (Å²) in [5.41, 5.74) is 5.47. The Balaban J connectivity index is 1.62. The van der Waals surface area contributed by atoms with Crippen LogP contribution in [-0.2, 0) is 13.1 Å². The van der Waals surface area contributed by atoms with Crippen LogP contribution in [0.15, 0.2) is 42.5 Å². The van der Waals surface area contributed by atoms with Gasteiger partial charge in [-0.2, -0.15) is 5.10 Å². The van der Waals surface area contributed by atoms with Crippen molar-refractivity contribution in [2.75, 3.05) is 0 Å². The minimum absolute atomic E-state index is 0.594. The molecule has 28 heavy (non-hydrogen) atoms. The van der Waals surface area contributed by atoms with E-state index in [2.05, 4.69) is 17.0 Å². The van der Waals surface area contributed by atoms with Gasteiger partial charge in [0.25, 0.3) is 0 Å². The van der Waals surface area contributed by atoms with Crippen molar-refractivity contribution in [3.8, 4) is 16.9 Å². The number of rotatable bonds is 3. The SMILES string of the molecule is Clc1ccc(-c2c3c(nn2-c2ccc(Cl)cc2Cl)CN(C2CCCC2)C3)cc1. The summed E-state index contributed by atoms with van der Waals surface area (Å²) in [6.45, 7) is 1.84. The molecule has 6 heteroatoms. The average Bonchev–Trinajstić information content (AvgIpc) is 3.38. The first-order chi connectivity index (χ1) is 13.6. The lowest BCUT2D eigenvalue weighted by Crippen LogP contribution is -2.28. The number of hydrogen-bond donors (Lipinski definition) is 0. The van der Waals surface area contributed by atoms with Crippen molar-refractivity contribution in [3.05, 3.63) is 68.8 Å². The molecule has 1 saturated carbocycles. The fraction of sp³-hybridized carbons (Fsp3) is 0.318. The van der Waals surface area contributed by atoms with Crippen molar-refractivity contribution in [2.45, 2.75) is 44.8 Å². The van der Waals surface area contributed by atoms with Gasteiger partial charge >= 0.3 is 0 Å². The molecule has 144 valence electrons. The van der Waals surface area contributed by atoms with Gasteiger partial charge in [0.2, 0.25) is 0 Å². The maximum atomic E-state index is 6.53. The highest BCUT2D eigenvalue weighted by Crippen LogP contribution is 2.39. The van der Waals surface area contributed by atoms with Gasteiger partial charge in [0, 0.05) is 40.3 Å². The predicted octanol–water partition coefficient (Wildman–Crippen LogP) is 6.76. The summed E-state index contributed by atoms with van der Waals surface area (Å²) in [6, 6.07) is 14.2. The van der Waals surface area contributed by atoms with Crippen LogP contribution in [0.2, 0.25) is 15.1 Å². The number of benzene rings is 2. The van der Waals surface area contributed by atoms with E-state index in [-0.39, 0.29) is 0 Å². The van der Waals surface area contributed by atoms with Gasteiger partial charge in [-0.3, -0.25) is 4.90 Å². The average molecular weight is 433 g/mol. The molecule has 2 heterocycles. The van der Waals surface area contributed by atoms with E-state index in [0.717, 1.165) is 40.8 Å². The Morgan fingerprint density at radius 1 is 0.857 bits per heavy atom. The minimum atomic E-state index is 0.594. The molecule has 1 fully saturated rings. The second-order valence-electron chi connectivity index (χ2n) is 7.63. The van der Waals surface area contributed by atoms with Crippen LogP contribution >= 0.6 is 34.8 Å². The third-order valence-corrected chi connectivity index (χ3v) is 6.67. The molecule has 1 aliphatic heterocycles. The van der Waals surface area contributed by atoms with E-state index >= 15 is 0 Å². The van der Waals surface area contributed by atoms with E-state index in [9.17, 15) is 0 Å². The molecule has 2 aromatic carbocycles. The fourth-order valence-corrected chi connectivity index (χ4v) is 5.11. The van der Waals surface area contributed by atoms with E-state index in [4.69, 9.17) is 39.9 Å². The Morgan fingerprint density at radius 3 is 2.29 bits per heavy atom. The van der Waals surface area contributed by atoms with Gasteiger partial charge in [-0.25, -0.2) is 4.68 Å². The summed E-state index contributed by atoms with van der Waals surface area (Å²) in [5, 5.41) is 6.93.